The molecule has 4 atom stereocenters. The normalized spacial score (nSPS) is 27.7. The van der Waals surface area contributed by atoms with Gasteiger partial charge < -0.3 is 19.3 Å². The van der Waals surface area contributed by atoms with E-state index in [-0.39, 0.29) is 30.4 Å². The SMILES string of the molecule is OCC[C@H]1O[C@@H](CCOCOCc2ccccc2)[C@H]2C[C@]21Sc1ccc(Cl)cc1. The van der Waals surface area contributed by atoms with Gasteiger partial charge in [-0.05, 0) is 49.1 Å². The summed E-state index contributed by atoms with van der Waals surface area (Å²) in [4.78, 5) is 1.20. The lowest BCUT2D eigenvalue weighted by Crippen LogP contribution is -2.26. The monoisotopic (exact) mass is 434 g/mol. The second kappa shape index (κ2) is 9.82. The van der Waals surface area contributed by atoms with Crippen LogP contribution in [0.1, 0.15) is 24.8 Å². The molecule has 1 saturated heterocycles. The zero-order valence-electron chi connectivity index (χ0n) is 16.3. The molecule has 29 heavy (non-hydrogen) atoms. The van der Waals surface area contributed by atoms with Gasteiger partial charge in [-0.1, -0.05) is 41.9 Å². The Bertz CT molecular complexity index is 772. The summed E-state index contributed by atoms with van der Waals surface area (Å²) in [6, 6.07) is 18.1. The molecule has 0 spiro atoms. The van der Waals surface area contributed by atoms with E-state index in [1.807, 2.05) is 54.2 Å². The minimum atomic E-state index is 0.0744. The van der Waals surface area contributed by atoms with Crippen molar-refractivity contribution in [3.8, 4) is 0 Å². The lowest BCUT2D eigenvalue weighted by Gasteiger charge is -2.23. The lowest BCUT2D eigenvalue weighted by molar-refractivity contribution is -0.0759. The van der Waals surface area contributed by atoms with Crippen molar-refractivity contribution < 1.29 is 19.3 Å². The molecular formula is C23H27ClO4S. The smallest absolute Gasteiger partial charge is 0.147 e. The van der Waals surface area contributed by atoms with E-state index in [1.54, 1.807) is 0 Å². The second-order valence-corrected chi connectivity index (χ2v) is 9.52. The first-order chi connectivity index (χ1) is 14.2. The van der Waals surface area contributed by atoms with Crippen molar-refractivity contribution in [1.29, 1.82) is 0 Å². The summed E-state index contributed by atoms with van der Waals surface area (Å²) >= 11 is 7.88. The third-order valence-corrected chi connectivity index (χ3v) is 7.55. The fraction of sp³-hybridized carbons (Fsp3) is 0.478. The lowest BCUT2D eigenvalue weighted by atomic mass is 10.1. The Balaban J connectivity index is 1.23. The van der Waals surface area contributed by atoms with Gasteiger partial charge in [0.15, 0.2) is 0 Å². The van der Waals surface area contributed by atoms with Crippen LogP contribution in [0.4, 0.5) is 0 Å². The highest BCUT2D eigenvalue weighted by Crippen LogP contribution is 2.67. The predicted octanol–water partition coefficient (Wildman–Crippen LogP) is 4.92. The molecule has 2 aliphatic rings. The van der Waals surface area contributed by atoms with Gasteiger partial charge in [0.1, 0.15) is 6.79 Å². The van der Waals surface area contributed by atoms with Gasteiger partial charge in [0.2, 0.25) is 0 Å². The van der Waals surface area contributed by atoms with Gasteiger partial charge in [-0.2, -0.15) is 0 Å². The number of halogens is 1. The quantitative estimate of drug-likeness (QED) is 0.401. The van der Waals surface area contributed by atoms with Crippen molar-refractivity contribution in [2.75, 3.05) is 20.0 Å². The molecule has 1 aliphatic carbocycles. The zero-order valence-corrected chi connectivity index (χ0v) is 17.9. The molecule has 156 valence electrons. The van der Waals surface area contributed by atoms with Gasteiger partial charge in [-0.3, -0.25) is 0 Å². The molecule has 0 unspecified atom stereocenters. The molecule has 1 N–H and O–H groups in total. The molecule has 2 aromatic carbocycles. The van der Waals surface area contributed by atoms with Crippen LogP contribution < -0.4 is 0 Å². The zero-order chi connectivity index (χ0) is 20.1. The van der Waals surface area contributed by atoms with Crippen LogP contribution in [-0.2, 0) is 20.8 Å². The highest BCUT2D eigenvalue weighted by Gasteiger charge is 2.68. The highest BCUT2D eigenvalue weighted by atomic mass is 35.5. The van der Waals surface area contributed by atoms with Crippen molar-refractivity contribution in [2.24, 2.45) is 5.92 Å². The summed E-state index contributed by atoms with van der Waals surface area (Å²) in [6.45, 7) is 1.61. The van der Waals surface area contributed by atoms with E-state index in [4.69, 9.17) is 25.8 Å². The third-order valence-electron chi connectivity index (χ3n) is 5.68. The molecule has 1 heterocycles. The standard InChI is InChI=1S/C23H27ClO4S/c24-18-6-8-19(9-7-18)29-23-14-20(23)21(28-22(23)10-12-25)11-13-26-16-27-15-17-4-2-1-3-5-17/h1-9,20-22,25H,10-16H2/t20-,21+,22-,23+/m1/s1. The molecule has 6 heteroatoms. The van der Waals surface area contributed by atoms with Crippen LogP contribution in [0.25, 0.3) is 0 Å². The van der Waals surface area contributed by atoms with Crippen LogP contribution in [0.15, 0.2) is 59.5 Å². The van der Waals surface area contributed by atoms with E-state index in [1.165, 1.54) is 4.90 Å². The van der Waals surface area contributed by atoms with E-state index >= 15 is 0 Å². The molecule has 1 aliphatic heterocycles. The topological polar surface area (TPSA) is 47.9 Å². The molecule has 0 radical (unpaired) electrons. The van der Waals surface area contributed by atoms with Crippen LogP contribution >= 0.6 is 23.4 Å². The molecule has 0 amide bonds. The number of benzene rings is 2. The van der Waals surface area contributed by atoms with Crippen molar-refractivity contribution in [2.45, 2.75) is 47.7 Å². The summed E-state index contributed by atoms with van der Waals surface area (Å²) < 4.78 is 17.6. The summed E-state index contributed by atoms with van der Waals surface area (Å²) in [7, 11) is 0. The van der Waals surface area contributed by atoms with Crippen LogP contribution in [0.2, 0.25) is 5.02 Å². The van der Waals surface area contributed by atoms with E-state index in [2.05, 4.69) is 12.1 Å². The number of fused-ring (bicyclic) bond motifs is 1. The number of hydrogen-bond donors (Lipinski definition) is 1. The Morgan fingerprint density at radius 3 is 2.62 bits per heavy atom. The van der Waals surface area contributed by atoms with E-state index in [0.717, 1.165) is 23.4 Å². The number of thioether (sulfide) groups is 1. The summed E-state index contributed by atoms with van der Waals surface area (Å²) in [6.07, 6.45) is 2.91. The maximum Gasteiger partial charge on any atom is 0.147 e. The molecular weight excluding hydrogens is 408 g/mol. The molecule has 0 bridgehead atoms. The Hall–Kier alpha value is -1.08. The Labute approximate surface area is 181 Å². The average molecular weight is 435 g/mol. The molecule has 0 aromatic heterocycles. The first-order valence-corrected chi connectivity index (χ1v) is 11.3. The number of rotatable bonds is 11. The van der Waals surface area contributed by atoms with Crippen LogP contribution in [0, 0.1) is 5.92 Å². The molecule has 1 saturated carbocycles. The number of hydrogen-bond acceptors (Lipinski definition) is 5. The maximum atomic E-state index is 9.49. The van der Waals surface area contributed by atoms with Gasteiger partial charge in [0.25, 0.3) is 0 Å². The molecule has 4 rings (SSSR count). The molecule has 4 nitrogen and oxygen atoms in total. The van der Waals surface area contributed by atoms with E-state index in [9.17, 15) is 5.11 Å². The van der Waals surface area contributed by atoms with Crippen molar-refractivity contribution in [3.63, 3.8) is 0 Å². The predicted molar refractivity (Wildman–Crippen MR) is 115 cm³/mol. The fourth-order valence-corrected chi connectivity index (χ4v) is 5.89. The van der Waals surface area contributed by atoms with Gasteiger partial charge in [-0.25, -0.2) is 0 Å². The van der Waals surface area contributed by atoms with E-state index < -0.39 is 0 Å². The summed E-state index contributed by atoms with van der Waals surface area (Å²) in [5.74, 6) is 0.508. The number of ether oxygens (including phenoxy) is 3. The fourth-order valence-electron chi connectivity index (χ4n) is 4.18. The maximum absolute atomic E-state index is 9.49. The van der Waals surface area contributed by atoms with E-state index in [0.29, 0.717) is 25.6 Å². The summed E-state index contributed by atoms with van der Waals surface area (Å²) in [5, 5.41) is 10.2. The first kappa shape index (κ1) is 21.2. The number of aliphatic hydroxyl groups excluding tert-OH is 1. The Kier molecular flexibility index (Phi) is 7.16. The van der Waals surface area contributed by atoms with Gasteiger partial charge in [-0.15, -0.1) is 11.8 Å². The number of aliphatic hydroxyl groups is 1. The van der Waals surface area contributed by atoms with Crippen molar-refractivity contribution in [3.05, 3.63) is 65.2 Å². The largest absolute Gasteiger partial charge is 0.396 e. The minimum Gasteiger partial charge on any atom is -0.396 e. The average Bonchev–Trinajstić information content (AvgIpc) is 3.39. The molecule has 2 fully saturated rings. The van der Waals surface area contributed by atoms with Crippen molar-refractivity contribution in [1.82, 2.24) is 0 Å². The third kappa shape index (κ3) is 5.16. The second-order valence-electron chi connectivity index (χ2n) is 7.65. The van der Waals surface area contributed by atoms with Gasteiger partial charge in [0.05, 0.1) is 30.2 Å². The Morgan fingerprint density at radius 1 is 1.07 bits per heavy atom. The van der Waals surface area contributed by atoms with Crippen LogP contribution in [0.3, 0.4) is 0 Å². The minimum absolute atomic E-state index is 0.0744. The van der Waals surface area contributed by atoms with Crippen molar-refractivity contribution >= 4 is 23.4 Å². The summed E-state index contributed by atoms with van der Waals surface area (Å²) in [5.41, 5.74) is 1.14. The van der Waals surface area contributed by atoms with Crippen LogP contribution in [0.5, 0.6) is 0 Å². The first-order valence-electron chi connectivity index (χ1n) is 10.1. The van der Waals surface area contributed by atoms with Crippen LogP contribution in [-0.4, -0.2) is 42.1 Å². The van der Waals surface area contributed by atoms with Gasteiger partial charge >= 0.3 is 0 Å². The molecule has 2 aromatic rings. The Morgan fingerprint density at radius 2 is 1.86 bits per heavy atom. The highest BCUT2D eigenvalue weighted by molar-refractivity contribution is 8.01. The van der Waals surface area contributed by atoms with Gasteiger partial charge in [0, 0.05) is 22.4 Å².